The van der Waals surface area contributed by atoms with Crippen LogP contribution in [0.1, 0.15) is 0 Å². The van der Waals surface area contributed by atoms with Crippen LogP contribution in [0.3, 0.4) is 0 Å². The third kappa shape index (κ3) is 2.80. The summed E-state index contributed by atoms with van der Waals surface area (Å²) in [6.07, 6.45) is 1.56. The molecule has 0 atom stereocenters. The monoisotopic (exact) mass is 289 g/mol. The van der Waals surface area contributed by atoms with Crippen molar-refractivity contribution in [1.82, 2.24) is 19.9 Å². The van der Waals surface area contributed by atoms with Crippen molar-refractivity contribution < 1.29 is 4.74 Å². The number of benzene rings is 1. The highest BCUT2D eigenvalue weighted by Gasteiger charge is 2.08. The Morgan fingerprint density at radius 2 is 2.05 bits per heavy atom. The molecular formula is C13H12ClN5O. The maximum atomic E-state index is 5.84. The number of nitrogens with one attached hydrogen (secondary N) is 2. The summed E-state index contributed by atoms with van der Waals surface area (Å²) in [4.78, 5) is 15.2. The van der Waals surface area contributed by atoms with E-state index in [0.29, 0.717) is 24.6 Å². The minimum atomic E-state index is 0.163. The molecule has 3 rings (SSSR count). The highest BCUT2D eigenvalue weighted by molar-refractivity contribution is 6.28. The fourth-order valence-electron chi connectivity index (χ4n) is 1.79. The number of aromatic nitrogens is 4. The Balaban J connectivity index is 1.61. The van der Waals surface area contributed by atoms with Gasteiger partial charge in [-0.05, 0) is 23.7 Å². The van der Waals surface area contributed by atoms with Crippen molar-refractivity contribution in [3.05, 3.63) is 41.9 Å². The lowest BCUT2D eigenvalue weighted by Gasteiger charge is -2.08. The van der Waals surface area contributed by atoms with Crippen molar-refractivity contribution in [2.75, 3.05) is 18.5 Å². The molecular weight excluding hydrogens is 278 g/mol. The smallest absolute Gasteiger partial charge is 0.226 e. The maximum absolute atomic E-state index is 5.84. The molecule has 0 aliphatic carbocycles. The quantitative estimate of drug-likeness (QED) is 0.557. The number of aromatic amines is 1. The van der Waals surface area contributed by atoms with Gasteiger partial charge in [0, 0.05) is 0 Å². The molecule has 102 valence electrons. The molecule has 20 heavy (non-hydrogen) atoms. The second-order valence-electron chi connectivity index (χ2n) is 4.03. The lowest BCUT2D eigenvalue weighted by atomic mass is 10.3. The fraction of sp³-hybridized carbons (Fsp3) is 0.154. The number of fused-ring (bicyclic) bond motifs is 1. The van der Waals surface area contributed by atoms with Crippen LogP contribution in [-0.4, -0.2) is 33.1 Å². The summed E-state index contributed by atoms with van der Waals surface area (Å²) in [5.74, 6) is 1.45. The Labute approximate surface area is 120 Å². The first-order valence-electron chi connectivity index (χ1n) is 6.11. The van der Waals surface area contributed by atoms with Crippen LogP contribution in [0, 0.1) is 0 Å². The molecule has 0 spiro atoms. The van der Waals surface area contributed by atoms with Gasteiger partial charge in [-0.15, -0.1) is 0 Å². The first-order chi connectivity index (χ1) is 9.83. The third-order valence-corrected chi connectivity index (χ3v) is 2.83. The summed E-state index contributed by atoms with van der Waals surface area (Å²) in [6, 6.07) is 9.63. The van der Waals surface area contributed by atoms with Crippen molar-refractivity contribution >= 4 is 28.6 Å². The standard InChI is InChI=1S/C13H12ClN5O/c14-13-18-11(10-12(19-13)17-8-16-10)15-6-7-20-9-4-2-1-3-5-9/h1-5,8H,6-7H2,(H2,15,16,17,18,19). The van der Waals surface area contributed by atoms with Crippen molar-refractivity contribution in [2.24, 2.45) is 0 Å². The molecule has 1 aromatic carbocycles. The molecule has 2 heterocycles. The zero-order valence-electron chi connectivity index (χ0n) is 10.5. The van der Waals surface area contributed by atoms with Gasteiger partial charge in [0.25, 0.3) is 0 Å². The maximum Gasteiger partial charge on any atom is 0.226 e. The summed E-state index contributed by atoms with van der Waals surface area (Å²) in [5.41, 5.74) is 1.27. The number of hydrogen-bond acceptors (Lipinski definition) is 5. The van der Waals surface area contributed by atoms with Gasteiger partial charge in [0.15, 0.2) is 11.5 Å². The van der Waals surface area contributed by atoms with Crippen LogP contribution in [0.2, 0.25) is 5.28 Å². The van der Waals surface area contributed by atoms with Gasteiger partial charge >= 0.3 is 0 Å². The minimum absolute atomic E-state index is 0.163. The van der Waals surface area contributed by atoms with Gasteiger partial charge < -0.3 is 15.0 Å². The molecule has 0 saturated heterocycles. The van der Waals surface area contributed by atoms with Crippen LogP contribution in [0.5, 0.6) is 5.75 Å². The predicted molar refractivity (Wildman–Crippen MR) is 77.1 cm³/mol. The van der Waals surface area contributed by atoms with E-state index < -0.39 is 0 Å². The summed E-state index contributed by atoms with van der Waals surface area (Å²) in [6.45, 7) is 1.11. The van der Waals surface area contributed by atoms with Crippen LogP contribution in [0.4, 0.5) is 5.82 Å². The van der Waals surface area contributed by atoms with E-state index in [1.54, 1.807) is 6.33 Å². The average molecular weight is 290 g/mol. The summed E-state index contributed by atoms with van der Waals surface area (Å²) < 4.78 is 5.59. The number of anilines is 1. The Hall–Kier alpha value is -2.34. The van der Waals surface area contributed by atoms with Crippen LogP contribution in [0.25, 0.3) is 11.2 Å². The van der Waals surface area contributed by atoms with Gasteiger partial charge in [-0.1, -0.05) is 18.2 Å². The van der Waals surface area contributed by atoms with E-state index in [4.69, 9.17) is 16.3 Å². The zero-order valence-corrected chi connectivity index (χ0v) is 11.3. The number of para-hydroxylation sites is 1. The number of nitrogens with zero attached hydrogens (tertiary/aromatic N) is 3. The minimum Gasteiger partial charge on any atom is -0.492 e. The van der Waals surface area contributed by atoms with Gasteiger partial charge in [-0.25, -0.2) is 4.98 Å². The molecule has 0 aliphatic rings. The van der Waals surface area contributed by atoms with Crippen LogP contribution < -0.4 is 10.1 Å². The summed E-state index contributed by atoms with van der Waals surface area (Å²) in [7, 11) is 0. The van der Waals surface area contributed by atoms with Gasteiger partial charge in [-0.3, -0.25) is 0 Å². The highest BCUT2D eigenvalue weighted by atomic mass is 35.5. The predicted octanol–water partition coefficient (Wildman–Crippen LogP) is 2.50. The van der Waals surface area contributed by atoms with Crippen LogP contribution in [0.15, 0.2) is 36.7 Å². The number of rotatable bonds is 5. The number of H-pyrrole nitrogens is 1. The molecule has 7 heteroatoms. The Bertz CT molecular complexity index is 700. The van der Waals surface area contributed by atoms with Gasteiger partial charge in [0.2, 0.25) is 5.28 Å². The first-order valence-corrected chi connectivity index (χ1v) is 6.49. The van der Waals surface area contributed by atoms with Gasteiger partial charge in [0.1, 0.15) is 17.9 Å². The molecule has 0 amide bonds. The normalized spacial score (nSPS) is 10.7. The zero-order chi connectivity index (χ0) is 13.8. The third-order valence-electron chi connectivity index (χ3n) is 2.66. The van der Waals surface area contributed by atoms with Gasteiger partial charge in [-0.2, -0.15) is 9.97 Å². The molecule has 0 unspecified atom stereocenters. The SMILES string of the molecule is Clc1nc(NCCOc2ccccc2)c2[nH]cnc2n1. The van der Waals surface area contributed by atoms with Crippen LogP contribution in [-0.2, 0) is 0 Å². The topological polar surface area (TPSA) is 75.7 Å². The van der Waals surface area contributed by atoms with Crippen molar-refractivity contribution in [3.63, 3.8) is 0 Å². The second-order valence-corrected chi connectivity index (χ2v) is 4.37. The van der Waals surface area contributed by atoms with E-state index in [1.807, 2.05) is 30.3 Å². The van der Waals surface area contributed by atoms with E-state index in [1.165, 1.54) is 0 Å². The van der Waals surface area contributed by atoms with Crippen molar-refractivity contribution in [2.45, 2.75) is 0 Å². The van der Waals surface area contributed by atoms with Crippen molar-refractivity contribution in [3.8, 4) is 5.75 Å². The van der Waals surface area contributed by atoms with E-state index in [0.717, 1.165) is 11.3 Å². The number of halogens is 1. The Morgan fingerprint density at radius 3 is 2.90 bits per heavy atom. The molecule has 6 nitrogen and oxygen atoms in total. The number of hydrogen-bond donors (Lipinski definition) is 2. The molecule has 2 N–H and O–H groups in total. The molecule has 0 saturated carbocycles. The molecule has 0 aliphatic heterocycles. The number of ether oxygens (including phenoxy) is 1. The van der Waals surface area contributed by atoms with E-state index in [9.17, 15) is 0 Å². The lowest BCUT2D eigenvalue weighted by molar-refractivity contribution is 0.333. The van der Waals surface area contributed by atoms with E-state index >= 15 is 0 Å². The largest absolute Gasteiger partial charge is 0.492 e. The number of imidazole rings is 1. The lowest BCUT2D eigenvalue weighted by Crippen LogP contribution is -2.13. The first kappa shape index (κ1) is 12.7. The van der Waals surface area contributed by atoms with Gasteiger partial charge in [0.05, 0.1) is 12.9 Å². The molecule has 2 aromatic heterocycles. The summed E-state index contributed by atoms with van der Waals surface area (Å²) >= 11 is 5.84. The van der Waals surface area contributed by atoms with Crippen molar-refractivity contribution in [1.29, 1.82) is 0 Å². The molecule has 0 radical (unpaired) electrons. The van der Waals surface area contributed by atoms with E-state index in [2.05, 4.69) is 25.3 Å². The second kappa shape index (κ2) is 5.75. The Kier molecular flexibility index (Phi) is 3.64. The average Bonchev–Trinajstić information content (AvgIpc) is 2.92. The highest BCUT2D eigenvalue weighted by Crippen LogP contribution is 2.18. The Morgan fingerprint density at radius 1 is 1.20 bits per heavy atom. The molecule has 0 bridgehead atoms. The fourth-order valence-corrected chi connectivity index (χ4v) is 1.95. The van der Waals surface area contributed by atoms with Crippen LogP contribution >= 0.6 is 11.6 Å². The van der Waals surface area contributed by atoms with E-state index in [-0.39, 0.29) is 5.28 Å². The molecule has 0 fully saturated rings. The summed E-state index contributed by atoms with van der Waals surface area (Å²) in [5, 5.41) is 3.32. The molecule has 3 aromatic rings.